The van der Waals surface area contributed by atoms with Gasteiger partial charge in [0.2, 0.25) is 5.88 Å². The van der Waals surface area contributed by atoms with Crippen LogP contribution in [0.25, 0.3) is 11.0 Å². The highest BCUT2D eigenvalue weighted by molar-refractivity contribution is 6.01. The Morgan fingerprint density at radius 1 is 1.14 bits per heavy atom. The van der Waals surface area contributed by atoms with Gasteiger partial charge in [0.1, 0.15) is 5.52 Å². The highest BCUT2D eigenvalue weighted by Gasteiger charge is 2.10. The number of carbonyl (C=O) groups is 1. The monoisotopic (exact) mass is 279 g/mol. The number of ether oxygens (including phenoxy) is 1. The van der Waals surface area contributed by atoms with E-state index in [4.69, 9.17) is 4.74 Å². The number of nitrogens with zero attached hydrogens (tertiary/aromatic N) is 2. The number of hydrogen-bond donors (Lipinski definition) is 1. The molecule has 0 amide bonds. The number of fused-ring (bicyclic) bond motifs is 1. The Morgan fingerprint density at radius 2 is 1.95 bits per heavy atom. The summed E-state index contributed by atoms with van der Waals surface area (Å²) in [5, 5.41) is 3.21. The quantitative estimate of drug-likeness (QED) is 0.743. The van der Waals surface area contributed by atoms with E-state index in [1.54, 1.807) is 0 Å². The van der Waals surface area contributed by atoms with Gasteiger partial charge in [-0.15, -0.1) is 0 Å². The minimum Gasteiger partial charge on any atom is -0.480 e. The van der Waals surface area contributed by atoms with Gasteiger partial charge in [-0.25, -0.2) is 9.97 Å². The third-order valence-electron chi connectivity index (χ3n) is 3.11. The van der Waals surface area contributed by atoms with Crippen LogP contribution in [0, 0.1) is 0 Å². The van der Waals surface area contributed by atoms with Crippen molar-refractivity contribution in [1.82, 2.24) is 9.97 Å². The van der Waals surface area contributed by atoms with Crippen LogP contribution in [0.5, 0.6) is 5.88 Å². The van der Waals surface area contributed by atoms with Crippen molar-refractivity contribution < 1.29 is 9.53 Å². The Kier molecular flexibility index (Phi) is 3.47. The van der Waals surface area contributed by atoms with Gasteiger partial charge in [-0.05, 0) is 24.3 Å². The summed E-state index contributed by atoms with van der Waals surface area (Å²) in [5.74, 6) is 0.377. The molecule has 0 spiro atoms. The van der Waals surface area contributed by atoms with Crippen LogP contribution in [0.1, 0.15) is 10.4 Å². The van der Waals surface area contributed by atoms with Gasteiger partial charge in [-0.1, -0.05) is 18.2 Å². The molecule has 5 heteroatoms. The second-order valence-electron chi connectivity index (χ2n) is 4.42. The zero-order valence-electron chi connectivity index (χ0n) is 11.4. The molecule has 0 bridgehead atoms. The van der Waals surface area contributed by atoms with E-state index < -0.39 is 0 Å². The Balaban J connectivity index is 2.12. The lowest BCUT2D eigenvalue weighted by molar-refractivity contribution is 0.112. The summed E-state index contributed by atoms with van der Waals surface area (Å²) in [6.07, 6.45) is 2.31. The zero-order valence-corrected chi connectivity index (χ0v) is 11.4. The van der Waals surface area contributed by atoms with Crippen LogP contribution < -0.4 is 10.1 Å². The number of aromatic nitrogens is 2. The van der Waals surface area contributed by atoms with Crippen LogP contribution in [0.2, 0.25) is 0 Å². The molecule has 21 heavy (non-hydrogen) atoms. The molecule has 0 saturated heterocycles. The van der Waals surface area contributed by atoms with Gasteiger partial charge in [-0.3, -0.25) is 4.79 Å². The highest BCUT2D eigenvalue weighted by Crippen LogP contribution is 2.26. The zero-order chi connectivity index (χ0) is 14.7. The van der Waals surface area contributed by atoms with Crippen molar-refractivity contribution in [1.29, 1.82) is 0 Å². The van der Waals surface area contributed by atoms with E-state index in [0.717, 1.165) is 12.0 Å². The molecule has 104 valence electrons. The van der Waals surface area contributed by atoms with E-state index in [1.165, 1.54) is 13.3 Å². The van der Waals surface area contributed by atoms with Gasteiger partial charge in [0.05, 0.1) is 30.1 Å². The maximum absolute atomic E-state index is 11.5. The number of nitrogens with one attached hydrogen (secondary N) is 1. The Labute approximate surface area is 121 Å². The van der Waals surface area contributed by atoms with Crippen molar-refractivity contribution in [2.75, 3.05) is 12.4 Å². The number of rotatable bonds is 4. The number of carbonyl (C=O) groups excluding carboxylic acids is 1. The molecule has 3 rings (SSSR count). The fourth-order valence-corrected chi connectivity index (χ4v) is 2.09. The molecule has 0 atom stereocenters. The standard InChI is InChI=1S/C16H13N3O2/c1-21-15-9-17-14-8-7-13(12(10-20)16(14)19-15)18-11-5-3-2-4-6-11/h2-10,18H,1H3. The SMILES string of the molecule is COc1cnc2ccc(Nc3ccccc3)c(C=O)c2n1. The number of anilines is 2. The summed E-state index contributed by atoms with van der Waals surface area (Å²) in [5.41, 5.74) is 3.21. The summed E-state index contributed by atoms with van der Waals surface area (Å²) in [4.78, 5) is 20.0. The predicted molar refractivity (Wildman–Crippen MR) is 81.2 cm³/mol. The molecular formula is C16H13N3O2. The van der Waals surface area contributed by atoms with Gasteiger partial charge >= 0.3 is 0 Å². The fraction of sp³-hybridized carbons (Fsp3) is 0.0625. The smallest absolute Gasteiger partial charge is 0.232 e. The molecule has 5 nitrogen and oxygen atoms in total. The first-order chi connectivity index (χ1) is 10.3. The van der Waals surface area contributed by atoms with E-state index in [-0.39, 0.29) is 0 Å². The fourth-order valence-electron chi connectivity index (χ4n) is 2.09. The van der Waals surface area contributed by atoms with Crippen molar-refractivity contribution in [2.24, 2.45) is 0 Å². The lowest BCUT2D eigenvalue weighted by Gasteiger charge is -2.11. The highest BCUT2D eigenvalue weighted by atomic mass is 16.5. The number of para-hydroxylation sites is 1. The van der Waals surface area contributed by atoms with E-state index >= 15 is 0 Å². The molecule has 0 saturated carbocycles. The molecule has 2 aromatic carbocycles. The lowest BCUT2D eigenvalue weighted by atomic mass is 10.1. The average Bonchev–Trinajstić information content (AvgIpc) is 2.55. The first kappa shape index (κ1) is 13.1. The first-order valence-corrected chi connectivity index (χ1v) is 6.43. The summed E-state index contributed by atoms with van der Waals surface area (Å²) in [6, 6.07) is 13.3. The molecular weight excluding hydrogens is 266 g/mol. The van der Waals surface area contributed by atoms with Crippen LogP contribution in [0.3, 0.4) is 0 Å². The van der Waals surface area contributed by atoms with E-state index in [9.17, 15) is 4.79 Å². The second kappa shape index (κ2) is 5.58. The van der Waals surface area contributed by atoms with Gasteiger partial charge in [-0.2, -0.15) is 0 Å². The van der Waals surface area contributed by atoms with Crippen molar-refractivity contribution in [2.45, 2.75) is 0 Å². The Morgan fingerprint density at radius 3 is 2.67 bits per heavy atom. The van der Waals surface area contributed by atoms with Crippen molar-refractivity contribution >= 4 is 28.7 Å². The lowest BCUT2D eigenvalue weighted by Crippen LogP contribution is -1.99. The minimum absolute atomic E-state index is 0.377. The Bertz CT molecular complexity index is 788. The second-order valence-corrected chi connectivity index (χ2v) is 4.42. The number of methoxy groups -OCH3 is 1. The summed E-state index contributed by atoms with van der Waals surface area (Å²) in [7, 11) is 1.52. The molecule has 1 heterocycles. The summed E-state index contributed by atoms with van der Waals surface area (Å²) in [6.45, 7) is 0. The van der Waals surface area contributed by atoms with Crippen LogP contribution in [-0.4, -0.2) is 23.4 Å². The van der Waals surface area contributed by atoms with E-state index in [1.807, 2.05) is 42.5 Å². The van der Waals surface area contributed by atoms with E-state index in [2.05, 4.69) is 15.3 Å². The van der Waals surface area contributed by atoms with Gasteiger partial charge < -0.3 is 10.1 Å². The summed E-state index contributed by atoms with van der Waals surface area (Å²) >= 11 is 0. The maximum atomic E-state index is 11.5. The molecule has 0 unspecified atom stereocenters. The van der Waals surface area contributed by atoms with Crippen LogP contribution in [0.15, 0.2) is 48.7 Å². The number of benzene rings is 2. The molecule has 3 aromatic rings. The largest absolute Gasteiger partial charge is 0.480 e. The summed E-state index contributed by atoms with van der Waals surface area (Å²) < 4.78 is 5.07. The van der Waals surface area contributed by atoms with Gasteiger partial charge in [0, 0.05) is 5.69 Å². The number of aldehydes is 1. The number of hydrogen-bond acceptors (Lipinski definition) is 5. The Hall–Kier alpha value is -2.95. The maximum Gasteiger partial charge on any atom is 0.232 e. The molecule has 0 fully saturated rings. The molecule has 0 aliphatic carbocycles. The predicted octanol–water partition coefficient (Wildman–Crippen LogP) is 3.19. The minimum atomic E-state index is 0.377. The molecule has 0 aliphatic rings. The van der Waals surface area contributed by atoms with E-state index in [0.29, 0.717) is 28.2 Å². The molecule has 1 N–H and O–H groups in total. The normalized spacial score (nSPS) is 10.3. The molecule has 1 aromatic heterocycles. The molecule has 0 aliphatic heterocycles. The van der Waals surface area contributed by atoms with Crippen LogP contribution in [0.4, 0.5) is 11.4 Å². The first-order valence-electron chi connectivity index (χ1n) is 6.43. The van der Waals surface area contributed by atoms with Crippen LogP contribution >= 0.6 is 0 Å². The van der Waals surface area contributed by atoms with Crippen molar-refractivity contribution in [3.8, 4) is 5.88 Å². The topological polar surface area (TPSA) is 64.1 Å². The van der Waals surface area contributed by atoms with Gasteiger partial charge in [0.25, 0.3) is 0 Å². The van der Waals surface area contributed by atoms with Crippen LogP contribution in [-0.2, 0) is 0 Å². The molecule has 0 radical (unpaired) electrons. The van der Waals surface area contributed by atoms with Crippen molar-refractivity contribution in [3.05, 3.63) is 54.2 Å². The third kappa shape index (κ3) is 2.53. The average molecular weight is 279 g/mol. The van der Waals surface area contributed by atoms with Gasteiger partial charge in [0.15, 0.2) is 6.29 Å². The third-order valence-corrected chi connectivity index (χ3v) is 3.11. The van der Waals surface area contributed by atoms with Crippen molar-refractivity contribution in [3.63, 3.8) is 0 Å².